The average Bonchev–Trinajstić information content (AvgIpc) is 2.99. The first kappa shape index (κ1) is 21.3. The van der Waals surface area contributed by atoms with Crippen LogP contribution in [0.3, 0.4) is 0 Å². The lowest BCUT2D eigenvalue weighted by Gasteiger charge is -2.14. The van der Waals surface area contributed by atoms with Gasteiger partial charge in [0.25, 0.3) is 0 Å². The number of aromatic nitrogens is 2. The van der Waals surface area contributed by atoms with Crippen molar-refractivity contribution in [3.05, 3.63) is 51.5 Å². The maximum atomic E-state index is 12.7. The Morgan fingerprint density at radius 2 is 2.07 bits per heavy atom. The molecule has 0 spiro atoms. The molecule has 0 aliphatic carbocycles. The zero-order valence-electron chi connectivity index (χ0n) is 15.2. The van der Waals surface area contributed by atoms with Crippen molar-refractivity contribution < 1.29 is 9.53 Å². The summed E-state index contributed by atoms with van der Waals surface area (Å²) in [6.45, 7) is 2.96. The van der Waals surface area contributed by atoms with Crippen molar-refractivity contribution in [1.29, 1.82) is 0 Å². The Hall–Kier alpha value is -1.44. The number of rotatable bonds is 7. The second-order valence-electron chi connectivity index (χ2n) is 6.02. The average molecular weight is 459 g/mol. The Morgan fingerprint density at radius 3 is 2.82 bits per heavy atom. The summed E-state index contributed by atoms with van der Waals surface area (Å²) in [5, 5.41) is 4.44. The van der Waals surface area contributed by atoms with E-state index in [-0.39, 0.29) is 5.91 Å². The summed E-state index contributed by atoms with van der Waals surface area (Å²) >= 11 is 19.6. The summed E-state index contributed by atoms with van der Waals surface area (Å²) in [6.07, 6.45) is 0. The molecule has 5 nitrogen and oxygen atoms in total. The lowest BCUT2D eigenvalue weighted by atomic mass is 10.3. The van der Waals surface area contributed by atoms with Crippen LogP contribution >= 0.6 is 46.6 Å². The fourth-order valence-corrected chi connectivity index (χ4v) is 4.08. The minimum absolute atomic E-state index is 0.197. The van der Waals surface area contributed by atoms with Crippen LogP contribution in [0.25, 0.3) is 11.0 Å². The largest absolute Gasteiger partial charge is 0.383 e. The van der Waals surface area contributed by atoms with E-state index in [0.717, 1.165) is 11.0 Å². The number of imidazole rings is 1. The van der Waals surface area contributed by atoms with Gasteiger partial charge in [-0.15, -0.1) is 0 Å². The van der Waals surface area contributed by atoms with E-state index in [2.05, 4.69) is 10.3 Å². The number of fused-ring (bicyclic) bond motifs is 1. The van der Waals surface area contributed by atoms with Crippen molar-refractivity contribution in [1.82, 2.24) is 9.55 Å². The number of methoxy groups -OCH3 is 1. The number of hydrogen-bond donors (Lipinski definition) is 1. The highest BCUT2D eigenvalue weighted by Gasteiger charge is 2.20. The highest BCUT2D eigenvalue weighted by atomic mass is 35.5. The lowest BCUT2D eigenvalue weighted by Crippen LogP contribution is -2.23. The number of carbonyl (C=O) groups is 1. The van der Waals surface area contributed by atoms with Crippen molar-refractivity contribution in [3.63, 3.8) is 0 Å². The van der Waals surface area contributed by atoms with Gasteiger partial charge in [0, 0.05) is 18.7 Å². The minimum Gasteiger partial charge on any atom is -0.383 e. The van der Waals surface area contributed by atoms with Gasteiger partial charge >= 0.3 is 0 Å². The molecule has 1 N–H and O–H groups in total. The molecule has 2 aromatic carbocycles. The van der Waals surface area contributed by atoms with Crippen LogP contribution in [0.15, 0.2) is 41.6 Å². The molecule has 3 rings (SSSR count). The molecule has 1 amide bonds. The molecule has 1 unspecified atom stereocenters. The summed E-state index contributed by atoms with van der Waals surface area (Å²) in [5.74, 6) is -0.197. The summed E-state index contributed by atoms with van der Waals surface area (Å²) < 4.78 is 7.23. The van der Waals surface area contributed by atoms with Crippen LogP contribution in [0.2, 0.25) is 15.1 Å². The molecule has 1 atom stereocenters. The van der Waals surface area contributed by atoms with Crippen molar-refractivity contribution >= 4 is 69.2 Å². The van der Waals surface area contributed by atoms with Crippen LogP contribution in [0.5, 0.6) is 0 Å². The van der Waals surface area contributed by atoms with Gasteiger partial charge in [-0.25, -0.2) is 4.98 Å². The number of ether oxygens (including phenoxy) is 1. The van der Waals surface area contributed by atoms with Gasteiger partial charge in [0.05, 0.1) is 38.6 Å². The van der Waals surface area contributed by atoms with Gasteiger partial charge in [0.1, 0.15) is 0 Å². The standard InChI is InChI=1S/C19H18Cl3N3O2S/c1-11(18(26)23-14-5-3-4-13(21)17(14)22)28-19-24-15-10-12(20)6-7-16(15)25(19)8-9-27-2/h3-7,10-11H,8-9H2,1-2H3,(H,23,26). The zero-order chi connectivity index (χ0) is 20.3. The number of anilines is 1. The van der Waals surface area contributed by atoms with Crippen molar-refractivity contribution in [2.24, 2.45) is 0 Å². The maximum absolute atomic E-state index is 12.7. The Labute approximate surface area is 182 Å². The van der Waals surface area contributed by atoms with Gasteiger partial charge in [-0.1, -0.05) is 52.6 Å². The molecule has 0 radical (unpaired) electrons. The molecule has 1 aromatic heterocycles. The molecule has 28 heavy (non-hydrogen) atoms. The second-order valence-corrected chi connectivity index (χ2v) is 8.55. The van der Waals surface area contributed by atoms with E-state index in [0.29, 0.717) is 39.1 Å². The van der Waals surface area contributed by atoms with Crippen LogP contribution in [0.4, 0.5) is 5.69 Å². The quantitative estimate of drug-likeness (QED) is 0.457. The molecule has 3 aromatic rings. The monoisotopic (exact) mass is 457 g/mol. The molecule has 0 bridgehead atoms. The van der Waals surface area contributed by atoms with Crippen molar-refractivity contribution in [2.45, 2.75) is 23.9 Å². The molecular formula is C19H18Cl3N3O2S. The number of benzene rings is 2. The van der Waals surface area contributed by atoms with Gasteiger partial charge in [-0.05, 0) is 37.3 Å². The number of nitrogens with zero attached hydrogens (tertiary/aromatic N) is 2. The summed E-state index contributed by atoms with van der Waals surface area (Å²) in [5.41, 5.74) is 2.19. The lowest BCUT2D eigenvalue weighted by molar-refractivity contribution is -0.115. The third-order valence-electron chi connectivity index (χ3n) is 4.06. The fraction of sp³-hybridized carbons (Fsp3) is 0.263. The number of amides is 1. The Bertz CT molecular complexity index is 1010. The number of nitrogens with one attached hydrogen (secondary N) is 1. The fourth-order valence-electron chi connectivity index (χ4n) is 2.62. The predicted octanol–water partition coefficient (Wildman–Crippen LogP) is 5.76. The molecule has 0 fully saturated rings. The maximum Gasteiger partial charge on any atom is 0.237 e. The van der Waals surface area contributed by atoms with Crippen LogP contribution in [-0.4, -0.2) is 34.4 Å². The summed E-state index contributed by atoms with van der Waals surface area (Å²) in [6, 6.07) is 10.7. The highest BCUT2D eigenvalue weighted by Crippen LogP contribution is 2.32. The van der Waals surface area contributed by atoms with Gasteiger partial charge in [0.15, 0.2) is 5.16 Å². The number of carbonyl (C=O) groups excluding carboxylic acids is 1. The molecule has 0 saturated carbocycles. The van der Waals surface area contributed by atoms with E-state index in [1.807, 2.05) is 23.6 Å². The normalized spacial score (nSPS) is 12.3. The predicted molar refractivity (Wildman–Crippen MR) is 117 cm³/mol. The zero-order valence-corrected chi connectivity index (χ0v) is 18.3. The first-order chi connectivity index (χ1) is 13.4. The number of halogens is 3. The third kappa shape index (κ3) is 4.75. The van der Waals surface area contributed by atoms with Gasteiger partial charge < -0.3 is 14.6 Å². The topological polar surface area (TPSA) is 56.1 Å². The SMILES string of the molecule is COCCn1c(SC(C)C(=O)Nc2cccc(Cl)c2Cl)nc2cc(Cl)ccc21. The Morgan fingerprint density at radius 1 is 1.29 bits per heavy atom. The Balaban J connectivity index is 1.82. The van der Waals surface area contributed by atoms with Crippen LogP contribution in [-0.2, 0) is 16.1 Å². The second kappa shape index (κ2) is 9.37. The molecule has 0 saturated heterocycles. The molecule has 0 aliphatic rings. The Kier molecular flexibility index (Phi) is 7.12. The van der Waals surface area contributed by atoms with Crippen LogP contribution in [0, 0.1) is 0 Å². The van der Waals surface area contributed by atoms with Gasteiger partial charge in [-0.2, -0.15) is 0 Å². The highest BCUT2D eigenvalue weighted by molar-refractivity contribution is 8.00. The smallest absolute Gasteiger partial charge is 0.237 e. The van der Waals surface area contributed by atoms with E-state index in [9.17, 15) is 4.79 Å². The van der Waals surface area contributed by atoms with E-state index < -0.39 is 5.25 Å². The third-order valence-corrected chi connectivity index (χ3v) is 6.20. The van der Waals surface area contributed by atoms with E-state index in [1.54, 1.807) is 31.4 Å². The molecule has 148 valence electrons. The van der Waals surface area contributed by atoms with E-state index in [1.165, 1.54) is 11.8 Å². The first-order valence-corrected chi connectivity index (χ1v) is 10.5. The van der Waals surface area contributed by atoms with Gasteiger partial charge in [-0.3, -0.25) is 4.79 Å². The summed E-state index contributed by atoms with van der Waals surface area (Å²) in [7, 11) is 1.65. The minimum atomic E-state index is -0.413. The summed E-state index contributed by atoms with van der Waals surface area (Å²) in [4.78, 5) is 17.3. The molecular weight excluding hydrogens is 441 g/mol. The van der Waals surface area contributed by atoms with Crippen molar-refractivity contribution in [2.75, 3.05) is 19.0 Å². The molecule has 9 heteroatoms. The van der Waals surface area contributed by atoms with Crippen molar-refractivity contribution in [3.8, 4) is 0 Å². The van der Waals surface area contributed by atoms with E-state index >= 15 is 0 Å². The number of thioether (sulfide) groups is 1. The molecule has 0 aliphatic heterocycles. The number of hydrogen-bond acceptors (Lipinski definition) is 4. The van der Waals surface area contributed by atoms with E-state index in [4.69, 9.17) is 39.5 Å². The molecule has 1 heterocycles. The van der Waals surface area contributed by atoms with Crippen LogP contribution < -0.4 is 5.32 Å². The van der Waals surface area contributed by atoms with Gasteiger partial charge in [0.2, 0.25) is 5.91 Å². The first-order valence-electron chi connectivity index (χ1n) is 8.47. The van der Waals surface area contributed by atoms with Crippen LogP contribution in [0.1, 0.15) is 6.92 Å².